The van der Waals surface area contributed by atoms with E-state index in [1.807, 2.05) is 55.8 Å². The van der Waals surface area contributed by atoms with E-state index >= 15 is 0 Å². The molecule has 150 valence electrons. The molecule has 2 aromatic heterocycles. The molecule has 0 saturated heterocycles. The van der Waals surface area contributed by atoms with Gasteiger partial charge in [-0.3, -0.25) is 9.48 Å². The molecule has 3 rings (SSSR count). The molecule has 0 bridgehead atoms. The number of hydrogen-bond acceptors (Lipinski definition) is 4. The molecule has 0 aliphatic carbocycles. The number of aromatic nitrogens is 2. The Labute approximate surface area is 179 Å². The summed E-state index contributed by atoms with van der Waals surface area (Å²) in [7, 11) is 5.98. The zero-order chi connectivity index (χ0) is 20.4. The van der Waals surface area contributed by atoms with Crippen molar-refractivity contribution in [2.75, 3.05) is 27.2 Å². The van der Waals surface area contributed by atoms with Gasteiger partial charge in [0.2, 0.25) is 0 Å². The summed E-state index contributed by atoms with van der Waals surface area (Å²) < 4.78 is 1.83. The van der Waals surface area contributed by atoms with E-state index in [0.717, 1.165) is 39.3 Å². The molecule has 28 heavy (non-hydrogen) atoms. The molecule has 2 heterocycles. The van der Waals surface area contributed by atoms with Gasteiger partial charge in [0.1, 0.15) is 4.83 Å². The molecule has 0 aliphatic rings. The highest BCUT2D eigenvalue weighted by Crippen LogP contribution is 2.29. The summed E-state index contributed by atoms with van der Waals surface area (Å²) in [5, 5.41) is 6.48. The molecule has 0 fully saturated rings. The van der Waals surface area contributed by atoms with Gasteiger partial charge in [-0.2, -0.15) is 5.10 Å². The standard InChI is InChI=1S/C20H24Cl2N4OS/c1-13-15-11-18(28-20(15)25(4)23-13)19(27)26(9-5-8-24(2)3)12-14-6-7-16(21)17(22)10-14/h6-7,10-11H,5,8-9,12H2,1-4H3. The summed E-state index contributed by atoms with van der Waals surface area (Å²) in [6.45, 7) is 4.05. The number of nitrogens with zero attached hydrogens (tertiary/aromatic N) is 4. The molecule has 0 radical (unpaired) electrons. The van der Waals surface area contributed by atoms with Gasteiger partial charge in [0.25, 0.3) is 5.91 Å². The van der Waals surface area contributed by atoms with Crippen molar-refractivity contribution in [3.8, 4) is 0 Å². The number of amides is 1. The molecule has 0 atom stereocenters. The highest BCUT2D eigenvalue weighted by atomic mass is 35.5. The number of thiophene rings is 1. The van der Waals surface area contributed by atoms with Crippen molar-refractivity contribution < 1.29 is 4.79 Å². The minimum Gasteiger partial charge on any atom is -0.334 e. The van der Waals surface area contributed by atoms with E-state index in [4.69, 9.17) is 23.2 Å². The van der Waals surface area contributed by atoms with Gasteiger partial charge in [-0.25, -0.2) is 0 Å². The van der Waals surface area contributed by atoms with Crippen molar-refractivity contribution in [1.29, 1.82) is 0 Å². The van der Waals surface area contributed by atoms with Crippen LogP contribution in [-0.4, -0.2) is 52.7 Å². The highest BCUT2D eigenvalue weighted by molar-refractivity contribution is 7.20. The molecule has 0 spiro atoms. The first-order chi connectivity index (χ1) is 13.3. The van der Waals surface area contributed by atoms with Crippen molar-refractivity contribution in [2.24, 2.45) is 7.05 Å². The minimum atomic E-state index is 0.0328. The Bertz CT molecular complexity index is 961. The van der Waals surface area contributed by atoms with Crippen LogP contribution in [0.4, 0.5) is 0 Å². The molecule has 1 amide bonds. The average Bonchev–Trinajstić information content (AvgIpc) is 3.18. The minimum absolute atomic E-state index is 0.0328. The molecule has 1 aromatic carbocycles. The van der Waals surface area contributed by atoms with Crippen LogP contribution in [0, 0.1) is 6.92 Å². The molecular formula is C20H24Cl2N4OS. The van der Waals surface area contributed by atoms with Crippen molar-refractivity contribution >= 4 is 50.7 Å². The van der Waals surface area contributed by atoms with Gasteiger partial charge in [-0.1, -0.05) is 29.3 Å². The maximum atomic E-state index is 13.3. The molecule has 0 saturated carbocycles. The zero-order valence-corrected chi connectivity index (χ0v) is 18.8. The van der Waals surface area contributed by atoms with Crippen LogP contribution in [0.25, 0.3) is 10.2 Å². The summed E-state index contributed by atoms with van der Waals surface area (Å²) in [5.41, 5.74) is 1.91. The highest BCUT2D eigenvalue weighted by Gasteiger charge is 2.21. The lowest BCUT2D eigenvalue weighted by Gasteiger charge is -2.23. The summed E-state index contributed by atoms with van der Waals surface area (Å²) in [4.78, 5) is 19.1. The van der Waals surface area contributed by atoms with Crippen molar-refractivity contribution in [3.63, 3.8) is 0 Å². The van der Waals surface area contributed by atoms with Gasteiger partial charge in [0, 0.05) is 25.5 Å². The van der Waals surface area contributed by atoms with E-state index in [2.05, 4.69) is 10.00 Å². The zero-order valence-electron chi connectivity index (χ0n) is 16.5. The van der Waals surface area contributed by atoms with Crippen LogP contribution in [-0.2, 0) is 13.6 Å². The third-order valence-corrected chi connectivity index (χ3v) is 6.51. The van der Waals surface area contributed by atoms with E-state index in [9.17, 15) is 4.79 Å². The fourth-order valence-corrected chi connectivity index (χ4v) is 4.57. The molecule has 3 aromatic rings. The van der Waals surface area contributed by atoms with E-state index in [1.165, 1.54) is 11.3 Å². The topological polar surface area (TPSA) is 41.4 Å². The third kappa shape index (κ3) is 4.69. The molecule has 0 aliphatic heterocycles. The Morgan fingerprint density at radius 1 is 1.18 bits per heavy atom. The van der Waals surface area contributed by atoms with Gasteiger partial charge in [-0.05, 0) is 57.7 Å². The number of fused-ring (bicyclic) bond motifs is 1. The van der Waals surface area contributed by atoms with E-state index in [0.29, 0.717) is 23.1 Å². The second kappa shape index (κ2) is 8.82. The maximum Gasteiger partial charge on any atom is 0.264 e. The Morgan fingerprint density at radius 3 is 2.57 bits per heavy atom. The summed E-state index contributed by atoms with van der Waals surface area (Å²) in [6.07, 6.45) is 0.894. The number of hydrogen-bond donors (Lipinski definition) is 0. The lowest BCUT2D eigenvalue weighted by atomic mass is 10.2. The lowest BCUT2D eigenvalue weighted by molar-refractivity contribution is 0.0742. The number of aryl methyl sites for hydroxylation is 2. The molecule has 5 nitrogen and oxygen atoms in total. The summed E-state index contributed by atoms with van der Waals surface area (Å²) in [5.74, 6) is 0.0328. The van der Waals surface area contributed by atoms with Gasteiger partial charge in [0.15, 0.2) is 0 Å². The second-order valence-corrected chi connectivity index (χ2v) is 9.02. The van der Waals surface area contributed by atoms with Crippen molar-refractivity contribution in [3.05, 3.63) is 50.4 Å². The number of halogens is 2. The maximum absolute atomic E-state index is 13.3. The lowest BCUT2D eigenvalue weighted by Crippen LogP contribution is -2.32. The number of benzene rings is 1. The van der Waals surface area contributed by atoms with E-state index in [1.54, 1.807) is 6.07 Å². The molecule has 0 N–H and O–H groups in total. The first-order valence-electron chi connectivity index (χ1n) is 9.07. The van der Waals surface area contributed by atoms with Gasteiger partial charge < -0.3 is 9.80 Å². The number of carbonyl (C=O) groups is 1. The van der Waals surface area contributed by atoms with Crippen LogP contribution in [0.2, 0.25) is 10.0 Å². The molecular weight excluding hydrogens is 415 g/mol. The van der Waals surface area contributed by atoms with Gasteiger partial charge in [0.05, 0.1) is 20.6 Å². The predicted octanol–water partition coefficient (Wildman–Crippen LogP) is 4.84. The number of rotatable bonds is 7. The fourth-order valence-electron chi connectivity index (χ4n) is 3.16. The third-order valence-electron chi connectivity index (χ3n) is 4.58. The largest absolute Gasteiger partial charge is 0.334 e. The Balaban J connectivity index is 1.85. The summed E-state index contributed by atoms with van der Waals surface area (Å²) in [6, 6.07) is 7.48. The Hall–Kier alpha value is -1.60. The van der Waals surface area contributed by atoms with E-state index < -0.39 is 0 Å². The van der Waals surface area contributed by atoms with Crippen LogP contribution in [0.5, 0.6) is 0 Å². The van der Waals surface area contributed by atoms with Crippen LogP contribution >= 0.6 is 34.5 Å². The van der Waals surface area contributed by atoms with Crippen LogP contribution in [0.3, 0.4) is 0 Å². The van der Waals surface area contributed by atoms with Crippen LogP contribution in [0.15, 0.2) is 24.3 Å². The van der Waals surface area contributed by atoms with Crippen molar-refractivity contribution in [1.82, 2.24) is 19.6 Å². The predicted molar refractivity (Wildman–Crippen MR) is 118 cm³/mol. The van der Waals surface area contributed by atoms with Gasteiger partial charge >= 0.3 is 0 Å². The van der Waals surface area contributed by atoms with Crippen molar-refractivity contribution in [2.45, 2.75) is 19.9 Å². The van der Waals surface area contributed by atoms with Gasteiger partial charge in [-0.15, -0.1) is 11.3 Å². The normalized spacial score (nSPS) is 11.5. The monoisotopic (exact) mass is 438 g/mol. The summed E-state index contributed by atoms with van der Waals surface area (Å²) >= 11 is 13.7. The smallest absolute Gasteiger partial charge is 0.264 e. The molecule has 8 heteroatoms. The Morgan fingerprint density at radius 2 is 1.93 bits per heavy atom. The van der Waals surface area contributed by atoms with Crippen LogP contribution < -0.4 is 0 Å². The first-order valence-corrected chi connectivity index (χ1v) is 10.6. The molecule has 0 unspecified atom stereocenters. The fraction of sp³-hybridized carbons (Fsp3) is 0.400. The number of carbonyl (C=O) groups excluding carboxylic acids is 1. The first kappa shape index (κ1) is 21.1. The van der Waals surface area contributed by atoms with Crippen LogP contribution in [0.1, 0.15) is 27.3 Å². The average molecular weight is 439 g/mol. The Kier molecular flexibility index (Phi) is 6.65. The SMILES string of the molecule is Cc1nn(C)c2sc(C(=O)N(CCCN(C)C)Cc3ccc(Cl)c(Cl)c3)cc12. The van der Waals surface area contributed by atoms with E-state index in [-0.39, 0.29) is 5.91 Å². The quantitative estimate of drug-likeness (QED) is 0.529. The second-order valence-electron chi connectivity index (χ2n) is 7.17.